The van der Waals surface area contributed by atoms with Gasteiger partial charge in [0.1, 0.15) is 28.7 Å². The van der Waals surface area contributed by atoms with Gasteiger partial charge in [0, 0.05) is 60.4 Å². The summed E-state index contributed by atoms with van der Waals surface area (Å²) in [6.45, 7) is 43.4. The van der Waals surface area contributed by atoms with E-state index in [1.807, 2.05) is 39.0 Å². The van der Waals surface area contributed by atoms with Crippen LogP contribution in [0.4, 0.5) is 0 Å². The second kappa shape index (κ2) is 47.1. The zero-order valence-corrected chi connectivity index (χ0v) is 79.1. The Labute approximate surface area is 687 Å². The van der Waals surface area contributed by atoms with Crippen LogP contribution in [-0.2, 0) is 79.8 Å². The highest BCUT2D eigenvalue weighted by atomic mass is 80.9. The Hall–Kier alpha value is -4.70. The number of benzene rings is 5. The van der Waals surface area contributed by atoms with Gasteiger partial charge in [-0.3, -0.25) is 24.0 Å². The van der Waals surface area contributed by atoms with E-state index in [2.05, 4.69) is 214 Å². The molecule has 3 aliphatic rings. The van der Waals surface area contributed by atoms with Crippen LogP contribution in [0, 0.1) is 34.6 Å². The Kier molecular flexibility index (Phi) is 44.2. The van der Waals surface area contributed by atoms with Gasteiger partial charge in [0.25, 0.3) is 8.32 Å². The zero-order valence-electron chi connectivity index (χ0n) is 69.0. The Bertz CT molecular complexity index is 3670. The minimum Gasteiger partial charge on any atom is -0.543 e. The fraction of sp³-hybridized carbons (Fsp3) is 0.573. The number of carbonyl (C=O) groups excluding carboxylic acids is 5. The van der Waals surface area contributed by atoms with E-state index in [4.69, 9.17) is 44.6 Å². The first kappa shape index (κ1) is 101. The molecule has 3 saturated carbocycles. The van der Waals surface area contributed by atoms with Crippen molar-refractivity contribution in [2.24, 2.45) is 0 Å². The van der Waals surface area contributed by atoms with E-state index in [0.717, 1.165) is 98.1 Å². The Balaban J connectivity index is 0.000000648. The largest absolute Gasteiger partial charge is 0.543 e. The SMILES string of the molecule is BrBr.CC(C)(C)[Si](C)(C)Cl.COC(=O)CCc1cc(Br)c(O)cc1C.COC(=O)CCc1cc(Br)c(O[Si](C)(C)C(C)(C)C)cc1C.COC(=O)CCc1cc(C2CC2)c(O)cc1C.COC(=O)CCc1cc(C2CC2)c(O[Si](C)(C)C(C)(C)C)cc1C.COC(=O)CCc1ccc(O)cc1C.OB(O)C1CC1. The fourth-order valence-electron chi connectivity index (χ4n) is 9.49. The van der Waals surface area contributed by atoms with Gasteiger partial charge in [-0.2, -0.15) is 11.1 Å². The van der Waals surface area contributed by atoms with E-state index >= 15 is 0 Å². The van der Waals surface area contributed by atoms with Crippen LogP contribution in [0.1, 0.15) is 212 Å². The topological polar surface area (TPSA) is 251 Å². The molecule has 606 valence electrons. The molecule has 0 saturated heterocycles. The van der Waals surface area contributed by atoms with Gasteiger partial charge < -0.3 is 57.9 Å². The first-order valence-corrected chi connectivity index (χ1v) is 51.9. The smallest absolute Gasteiger partial charge is 0.454 e. The molecule has 108 heavy (non-hydrogen) atoms. The van der Waals surface area contributed by atoms with Gasteiger partial charge in [0.2, 0.25) is 8.32 Å². The molecule has 0 heterocycles. The van der Waals surface area contributed by atoms with Gasteiger partial charge in [-0.25, -0.2) is 0 Å². The summed E-state index contributed by atoms with van der Waals surface area (Å²) in [5, 5.41) is 45.6. The average molecular weight is 1830 g/mol. The van der Waals surface area contributed by atoms with Crippen molar-refractivity contribution in [3.8, 4) is 28.7 Å². The summed E-state index contributed by atoms with van der Waals surface area (Å²) in [4.78, 5) is 55.7. The monoisotopic (exact) mass is 1830 g/mol. The van der Waals surface area contributed by atoms with E-state index in [0.29, 0.717) is 84.9 Å². The van der Waals surface area contributed by atoms with Crippen molar-refractivity contribution in [1.29, 1.82) is 0 Å². The molecular weight excluding hydrogens is 1710 g/mol. The lowest BCUT2D eigenvalue weighted by molar-refractivity contribution is -0.141. The van der Waals surface area contributed by atoms with Crippen molar-refractivity contribution in [2.75, 3.05) is 35.5 Å². The lowest BCUT2D eigenvalue weighted by Gasteiger charge is -2.37. The first-order chi connectivity index (χ1) is 49.9. The number of aryl methyl sites for hydroxylation is 10. The Morgan fingerprint density at radius 1 is 0.426 bits per heavy atom. The van der Waals surface area contributed by atoms with E-state index in [-0.39, 0.29) is 57.2 Å². The summed E-state index contributed by atoms with van der Waals surface area (Å²) < 4.78 is 37.8. The fourth-order valence-corrected chi connectivity index (χ4v) is 12.6. The van der Waals surface area contributed by atoms with Gasteiger partial charge in [0.05, 0.1) is 44.5 Å². The van der Waals surface area contributed by atoms with Crippen LogP contribution >= 0.6 is 71.2 Å². The van der Waals surface area contributed by atoms with Crippen LogP contribution in [0.15, 0.2) is 75.7 Å². The number of hydrogen-bond acceptors (Lipinski definition) is 17. The van der Waals surface area contributed by atoms with Crippen molar-refractivity contribution in [2.45, 2.75) is 272 Å². The molecule has 0 spiro atoms. The molecule has 5 aromatic carbocycles. The number of aromatic hydroxyl groups is 3. The number of phenolic OH excluding ortho intramolecular Hbond substituents is 3. The van der Waals surface area contributed by atoms with E-state index in [9.17, 15) is 34.2 Å². The van der Waals surface area contributed by atoms with Crippen molar-refractivity contribution < 1.29 is 81.9 Å². The van der Waals surface area contributed by atoms with Crippen LogP contribution in [-0.4, -0.2) is 122 Å². The van der Waals surface area contributed by atoms with Crippen molar-refractivity contribution in [3.63, 3.8) is 0 Å². The number of rotatable bonds is 22. The summed E-state index contributed by atoms with van der Waals surface area (Å²) in [5.74, 6) is 3.24. The van der Waals surface area contributed by atoms with Crippen molar-refractivity contribution in [1.82, 2.24) is 0 Å². The third-order valence-corrected chi connectivity index (χ3v) is 35.6. The van der Waals surface area contributed by atoms with Crippen molar-refractivity contribution >= 4 is 132 Å². The normalized spacial score (nSPS) is 13.1. The van der Waals surface area contributed by atoms with Crippen LogP contribution < -0.4 is 8.85 Å². The van der Waals surface area contributed by atoms with Crippen LogP contribution in [0.3, 0.4) is 0 Å². The highest BCUT2D eigenvalue weighted by Gasteiger charge is 2.42. The summed E-state index contributed by atoms with van der Waals surface area (Å²) in [6.07, 6.45) is 12.1. The second-order valence-corrected chi connectivity index (χ2v) is 50.8. The number of esters is 5. The molecule has 3 fully saturated rings. The van der Waals surface area contributed by atoms with Crippen molar-refractivity contribution in [3.05, 3.63) is 142 Å². The van der Waals surface area contributed by atoms with Gasteiger partial charge in [-0.1, -0.05) is 106 Å². The maximum absolute atomic E-state index is 11.5. The lowest BCUT2D eigenvalue weighted by atomic mass is 9.84. The van der Waals surface area contributed by atoms with Crippen LogP contribution in [0.5, 0.6) is 28.7 Å². The molecule has 0 atom stereocenters. The number of ether oxygens (including phenoxy) is 5. The molecule has 0 amide bonds. The zero-order chi connectivity index (χ0) is 83.2. The second-order valence-electron chi connectivity index (χ2n) is 32.3. The number of phenols is 3. The van der Waals surface area contributed by atoms with Gasteiger partial charge >= 0.3 is 37.0 Å². The Morgan fingerprint density at radius 2 is 0.722 bits per heavy atom. The van der Waals surface area contributed by atoms with Gasteiger partial charge in [-0.05, 0) is 299 Å². The predicted octanol–water partition coefficient (Wildman–Crippen LogP) is 22.2. The molecule has 0 radical (unpaired) electrons. The quantitative estimate of drug-likeness (QED) is 0.0187. The molecule has 0 bridgehead atoms. The molecule has 17 nitrogen and oxygen atoms in total. The summed E-state index contributed by atoms with van der Waals surface area (Å²) in [6, 6.07) is 21.1. The molecule has 5 N–H and O–H groups in total. The first-order valence-electron chi connectivity index (χ1n) is 36.8. The van der Waals surface area contributed by atoms with E-state index in [1.54, 1.807) is 24.3 Å². The van der Waals surface area contributed by atoms with E-state index in [1.165, 1.54) is 65.1 Å². The third-order valence-electron chi connectivity index (χ3n) is 20.4. The molecule has 3 aliphatic carbocycles. The standard InChI is InChI=1S/C20H32O3Si.C17H27BrO3Si.C14H18O3.C11H13BrO3.C11H14O3.C6H15ClSi.C3H7BO2.Br2/c1-14-12-18(23-24(6,7)20(2,3)4)17(15-8-9-15)13-16(14)10-11-19(21)22-5;1-12-10-15(21-22(6,7)17(2,3)4)14(18)11-13(12)8-9-16(19)20-5;1-9-7-13(15)12(10-3-4-10)8-11(9)5-6-14(16)17-2;1-7-5-10(13)9(12)6-8(7)3-4-11(14)15-2;1-8-7-10(12)5-3-9(8)4-6-11(13)14-2;1-6(2,3)8(4,5)7;5-4(6)3-1-2-3;1-2/h12-13,15H,8-11H2,1-7H3;10-11H,8-9H2,1-7H3;7-8,10,15H,3-6H2,1-2H3;5-6,13H,3-4H2,1-2H3;3,5,7,12H,4,6H2,1-2H3;1-5H3;3,5-6H,1-2H2;. The number of methoxy groups -OCH3 is 5. The lowest BCUT2D eigenvalue weighted by Crippen LogP contribution is -2.44. The molecule has 0 aromatic heterocycles. The van der Waals surface area contributed by atoms with Gasteiger partial charge in [0.15, 0.2) is 7.38 Å². The maximum Gasteiger partial charge on any atom is 0.454 e. The molecule has 0 aliphatic heterocycles. The summed E-state index contributed by atoms with van der Waals surface area (Å²) in [7, 11) is 0.886. The summed E-state index contributed by atoms with van der Waals surface area (Å²) >= 11 is 18.5. The number of carbonyl (C=O) groups is 5. The highest BCUT2D eigenvalue weighted by Crippen LogP contribution is 2.49. The molecule has 26 heteroatoms. The number of hydrogen-bond donors (Lipinski definition) is 5. The number of halogens is 5. The minimum atomic E-state index is -1.86. The van der Waals surface area contributed by atoms with Crippen LogP contribution in [0.2, 0.25) is 60.2 Å². The predicted molar refractivity (Wildman–Crippen MR) is 462 cm³/mol. The molecular formula is C82H126BBr4ClO17Si3. The molecule has 5 aromatic rings. The minimum absolute atomic E-state index is 0.149. The van der Waals surface area contributed by atoms with Crippen LogP contribution in [0.25, 0.3) is 0 Å². The Morgan fingerprint density at radius 3 is 1.04 bits per heavy atom. The molecule has 0 unspecified atom stereocenters. The van der Waals surface area contributed by atoms with Gasteiger partial charge in [-0.15, -0.1) is 0 Å². The summed E-state index contributed by atoms with van der Waals surface area (Å²) in [5.41, 5.74) is 13.3. The van der Waals surface area contributed by atoms with E-state index < -0.39 is 31.1 Å². The highest BCUT2D eigenvalue weighted by molar-refractivity contribution is 9.93. The third kappa shape index (κ3) is 37.3. The maximum atomic E-state index is 11.5. The average Bonchev–Trinajstić information content (AvgIpc) is 0.976. The molecule has 8 rings (SSSR count).